The van der Waals surface area contributed by atoms with Crippen LogP contribution in [0.4, 0.5) is 0 Å². The van der Waals surface area contributed by atoms with E-state index in [-0.39, 0.29) is 29.9 Å². The van der Waals surface area contributed by atoms with Crippen LogP contribution in [0.5, 0.6) is 5.75 Å². The fourth-order valence-electron chi connectivity index (χ4n) is 3.12. The third-order valence-corrected chi connectivity index (χ3v) is 4.65. The lowest BCUT2D eigenvalue weighted by atomic mass is 10.2. The molecule has 0 bridgehead atoms. The molecule has 0 aliphatic carbocycles. The molecule has 1 amide bonds. The predicted octanol–water partition coefficient (Wildman–Crippen LogP) is 1.33. The van der Waals surface area contributed by atoms with Crippen LogP contribution in [-0.4, -0.2) is 88.3 Å². The van der Waals surface area contributed by atoms with Crippen LogP contribution >= 0.6 is 24.0 Å². The van der Waals surface area contributed by atoms with Crippen LogP contribution in [-0.2, 0) is 16.1 Å². The molecule has 168 valence electrons. The van der Waals surface area contributed by atoms with Gasteiger partial charge in [0.1, 0.15) is 12.4 Å². The Kier molecular flexibility index (Phi) is 13.1. The highest BCUT2D eigenvalue weighted by molar-refractivity contribution is 14.0. The predicted molar refractivity (Wildman–Crippen MR) is 131 cm³/mol. The van der Waals surface area contributed by atoms with Gasteiger partial charge in [-0.3, -0.25) is 14.7 Å². The number of halogens is 1. The summed E-state index contributed by atoms with van der Waals surface area (Å²) in [7, 11) is 3.41. The summed E-state index contributed by atoms with van der Waals surface area (Å²) in [6, 6.07) is 7.96. The van der Waals surface area contributed by atoms with Crippen molar-refractivity contribution in [2.45, 2.75) is 6.54 Å². The Labute approximate surface area is 196 Å². The van der Waals surface area contributed by atoms with Gasteiger partial charge in [0.15, 0.2) is 5.96 Å². The summed E-state index contributed by atoms with van der Waals surface area (Å²) < 4.78 is 10.7. The van der Waals surface area contributed by atoms with Crippen molar-refractivity contribution in [3.63, 3.8) is 0 Å². The maximum absolute atomic E-state index is 11.9. The largest absolute Gasteiger partial charge is 0.489 e. The Bertz CT molecular complexity index is 678. The van der Waals surface area contributed by atoms with Gasteiger partial charge < -0.3 is 25.0 Å². The molecule has 0 unspecified atom stereocenters. The number of rotatable bonds is 10. The number of methoxy groups -OCH3 is 1. The zero-order chi connectivity index (χ0) is 20.9. The highest BCUT2D eigenvalue weighted by Crippen LogP contribution is 2.17. The van der Waals surface area contributed by atoms with Crippen molar-refractivity contribution >= 4 is 35.8 Å². The van der Waals surface area contributed by atoms with Crippen LogP contribution in [0.3, 0.4) is 0 Å². The van der Waals surface area contributed by atoms with E-state index in [4.69, 9.17) is 9.47 Å². The number of piperazine rings is 1. The normalized spacial score (nSPS) is 14.6. The van der Waals surface area contributed by atoms with Crippen molar-refractivity contribution in [1.29, 1.82) is 0 Å². The van der Waals surface area contributed by atoms with E-state index >= 15 is 0 Å². The number of hydrogen-bond donors (Lipinski definition) is 2. The van der Waals surface area contributed by atoms with Gasteiger partial charge in [0.25, 0.3) is 0 Å². The van der Waals surface area contributed by atoms with Crippen LogP contribution in [0.15, 0.2) is 41.9 Å². The quantitative estimate of drug-likeness (QED) is 0.156. The fourth-order valence-corrected chi connectivity index (χ4v) is 3.12. The van der Waals surface area contributed by atoms with Gasteiger partial charge in [-0.2, -0.15) is 0 Å². The minimum Gasteiger partial charge on any atom is -0.489 e. The van der Waals surface area contributed by atoms with E-state index < -0.39 is 0 Å². The van der Waals surface area contributed by atoms with Gasteiger partial charge in [0.2, 0.25) is 5.91 Å². The average molecular weight is 531 g/mol. The maximum Gasteiger partial charge on any atom is 0.234 e. The summed E-state index contributed by atoms with van der Waals surface area (Å²) in [6.45, 7) is 9.56. The maximum atomic E-state index is 11.9. The Morgan fingerprint density at radius 3 is 2.63 bits per heavy atom. The van der Waals surface area contributed by atoms with E-state index in [2.05, 4.69) is 32.0 Å². The van der Waals surface area contributed by atoms with Crippen LogP contribution in [0.25, 0.3) is 0 Å². The van der Waals surface area contributed by atoms with Crippen LogP contribution in [0, 0.1) is 0 Å². The molecule has 30 heavy (non-hydrogen) atoms. The molecule has 0 aromatic heterocycles. The second kappa shape index (κ2) is 15.0. The van der Waals surface area contributed by atoms with Crippen molar-refractivity contribution in [3.05, 3.63) is 42.5 Å². The first-order valence-electron chi connectivity index (χ1n) is 9.93. The van der Waals surface area contributed by atoms with Crippen LogP contribution in [0.2, 0.25) is 0 Å². The molecule has 0 atom stereocenters. The van der Waals surface area contributed by atoms with Crippen molar-refractivity contribution in [3.8, 4) is 5.75 Å². The molecule has 1 fully saturated rings. The standard InChI is InChI=1S/C21H33N5O3.HI/c1-4-14-29-19-8-6-5-7-18(19)16-24-21(22-2)26-12-10-25(11-13-26)17-20(27)23-9-15-28-3;/h4-8H,1,9-17H2,2-3H3,(H,22,24)(H,23,27);1H. The van der Waals surface area contributed by atoms with Gasteiger partial charge in [-0.1, -0.05) is 30.9 Å². The molecular weight excluding hydrogens is 497 g/mol. The molecule has 1 aromatic carbocycles. The second-order valence-electron chi connectivity index (χ2n) is 6.71. The molecule has 1 aliphatic heterocycles. The average Bonchev–Trinajstić information content (AvgIpc) is 2.74. The summed E-state index contributed by atoms with van der Waals surface area (Å²) in [6.07, 6.45) is 1.74. The molecule has 0 saturated carbocycles. The lowest BCUT2D eigenvalue weighted by Crippen LogP contribution is -2.54. The smallest absolute Gasteiger partial charge is 0.234 e. The third kappa shape index (κ3) is 8.88. The topological polar surface area (TPSA) is 78.4 Å². The number of benzene rings is 1. The third-order valence-electron chi connectivity index (χ3n) is 4.65. The first-order chi connectivity index (χ1) is 14.2. The highest BCUT2D eigenvalue weighted by Gasteiger charge is 2.21. The first-order valence-corrected chi connectivity index (χ1v) is 9.93. The van der Waals surface area contributed by atoms with Crippen LogP contribution in [0.1, 0.15) is 5.56 Å². The van der Waals surface area contributed by atoms with Crippen LogP contribution < -0.4 is 15.4 Å². The lowest BCUT2D eigenvalue weighted by molar-refractivity contribution is -0.122. The second-order valence-corrected chi connectivity index (χ2v) is 6.71. The van der Waals surface area contributed by atoms with Gasteiger partial charge in [0.05, 0.1) is 13.2 Å². The number of carbonyl (C=O) groups is 1. The summed E-state index contributed by atoms with van der Waals surface area (Å²) in [5.74, 6) is 1.74. The van der Waals surface area contributed by atoms with Gasteiger partial charge in [-0.05, 0) is 6.07 Å². The molecule has 0 spiro atoms. The Morgan fingerprint density at radius 1 is 1.23 bits per heavy atom. The highest BCUT2D eigenvalue weighted by atomic mass is 127. The number of aliphatic imine (C=N–C) groups is 1. The summed E-state index contributed by atoms with van der Waals surface area (Å²) in [5, 5.41) is 6.28. The van der Waals surface area contributed by atoms with E-state index in [1.165, 1.54) is 0 Å². The number of para-hydroxylation sites is 1. The van der Waals surface area contributed by atoms with Crippen molar-refractivity contribution in [2.75, 3.05) is 66.6 Å². The van der Waals surface area contributed by atoms with E-state index in [1.807, 2.05) is 24.3 Å². The van der Waals surface area contributed by atoms with E-state index in [0.29, 0.717) is 32.8 Å². The van der Waals surface area contributed by atoms with Gasteiger partial charge >= 0.3 is 0 Å². The number of nitrogens with one attached hydrogen (secondary N) is 2. The summed E-state index contributed by atoms with van der Waals surface area (Å²) in [5.41, 5.74) is 1.07. The minimum atomic E-state index is 0. The van der Waals surface area contributed by atoms with E-state index in [9.17, 15) is 4.79 Å². The van der Waals surface area contributed by atoms with Gasteiger partial charge in [-0.15, -0.1) is 24.0 Å². The minimum absolute atomic E-state index is 0. The number of guanidine groups is 1. The Morgan fingerprint density at radius 2 is 1.97 bits per heavy atom. The molecule has 1 saturated heterocycles. The fraction of sp³-hybridized carbons (Fsp3) is 0.524. The number of carbonyl (C=O) groups excluding carboxylic acids is 1. The number of amides is 1. The monoisotopic (exact) mass is 531 g/mol. The van der Waals surface area contributed by atoms with Gasteiger partial charge in [0, 0.05) is 59.0 Å². The molecular formula is C21H34IN5O3. The number of nitrogens with zero attached hydrogens (tertiary/aromatic N) is 3. The van der Waals surface area contributed by atoms with Crippen molar-refractivity contribution < 1.29 is 14.3 Å². The molecule has 1 aromatic rings. The SMILES string of the molecule is C=CCOc1ccccc1CNC(=NC)N1CCN(CC(=O)NCCOC)CC1.I. The van der Waals surface area contributed by atoms with E-state index in [0.717, 1.165) is 43.5 Å². The molecule has 0 radical (unpaired) electrons. The lowest BCUT2D eigenvalue weighted by Gasteiger charge is -2.36. The zero-order valence-corrected chi connectivity index (χ0v) is 20.3. The molecule has 2 rings (SSSR count). The number of ether oxygens (including phenoxy) is 2. The van der Waals surface area contributed by atoms with E-state index in [1.54, 1.807) is 20.2 Å². The Balaban J connectivity index is 0.00000450. The van der Waals surface area contributed by atoms with Gasteiger partial charge in [-0.25, -0.2) is 0 Å². The molecule has 9 heteroatoms. The molecule has 1 aliphatic rings. The summed E-state index contributed by atoms with van der Waals surface area (Å²) >= 11 is 0. The van der Waals surface area contributed by atoms with Crippen molar-refractivity contribution in [2.24, 2.45) is 4.99 Å². The molecule has 2 N–H and O–H groups in total. The zero-order valence-electron chi connectivity index (χ0n) is 17.9. The first kappa shape index (κ1) is 26.2. The van der Waals surface area contributed by atoms with Crippen molar-refractivity contribution in [1.82, 2.24) is 20.4 Å². The molecule has 8 nitrogen and oxygen atoms in total. The summed E-state index contributed by atoms with van der Waals surface area (Å²) in [4.78, 5) is 20.7. The molecule has 1 heterocycles. The number of hydrogen-bond acceptors (Lipinski definition) is 5. The Hall–Kier alpha value is -1.85.